The lowest BCUT2D eigenvalue weighted by atomic mass is 10.1. The topological polar surface area (TPSA) is 68.2 Å². The van der Waals surface area contributed by atoms with Crippen molar-refractivity contribution in [3.8, 4) is 5.75 Å². The second-order valence-electron chi connectivity index (χ2n) is 5.63. The van der Waals surface area contributed by atoms with E-state index in [0.29, 0.717) is 0 Å². The van der Waals surface area contributed by atoms with Gasteiger partial charge in [-0.2, -0.15) is 5.10 Å². The van der Waals surface area contributed by atoms with Gasteiger partial charge in [0, 0.05) is 24.8 Å². The molecule has 0 spiro atoms. The molecule has 0 aliphatic heterocycles. The monoisotopic (exact) mass is 316 g/mol. The van der Waals surface area contributed by atoms with Gasteiger partial charge in [-0.25, -0.2) is 0 Å². The Kier molecular flexibility index (Phi) is 5.76. The highest BCUT2D eigenvalue weighted by atomic mass is 16.5. The third-order valence-corrected chi connectivity index (χ3v) is 3.67. The molecule has 124 valence electrons. The van der Waals surface area contributed by atoms with Gasteiger partial charge in [0.15, 0.2) is 0 Å². The van der Waals surface area contributed by atoms with Crippen molar-refractivity contribution in [3.05, 3.63) is 47.8 Å². The Labute approximate surface area is 136 Å². The summed E-state index contributed by atoms with van der Waals surface area (Å²) in [4.78, 5) is 12.5. The smallest absolute Gasteiger partial charge is 0.242 e. The number of ether oxygens (including phenoxy) is 1. The van der Waals surface area contributed by atoms with E-state index in [2.05, 4.69) is 15.7 Å². The minimum absolute atomic E-state index is 0.0159. The number of methoxy groups -OCH3 is 1. The average Bonchev–Trinajstić information content (AvgIpc) is 2.94. The molecular formula is C17H24N4O2. The van der Waals surface area contributed by atoms with Gasteiger partial charge in [-0.05, 0) is 38.1 Å². The van der Waals surface area contributed by atoms with Gasteiger partial charge in [0.1, 0.15) is 11.8 Å². The van der Waals surface area contributed by atoms with Crippen molar-refractivity contribution in [2.24, 2.45) is 7.05 Å². The van der Waals surface area contributed by atoms with Gasteiger partial charge in [0.25, 0.3) is 0 Å². The van der Waals surface area contributed by atoms with Crippen LogP contribution < -0.4 is 15.4 Å². The first-order valence-electron chi connectivity index (χ1n) is 7.62. The summed E-state index contributed by atoms with van der Waals surface area (Å²) in [6.07, 6.45) is 4.29. The lowest BCUT2D eigenvalue weighted by Gasteiger charge is -2.19. The fraction of sp³-hybridized carbons (Fsp3) is 0.412. The van der Waals surface area contributed by atoms with Crippen LogP contribution in [-0.2, 0) is 18.3 Å². The van der Waals surface area contributed by atoms with Crippen LogP contribution in [0.25, 0.3) is 0 Å². The summed E-state index contributed by atoms with van der Waals surface area (Å²) in [5.74, 6) is 0.764. The maximum Gasteiger partial charge on any atom is 0.242 e. The largest absolute Gasteiger partial charge is 0.497 e. The third-order valence-electron chi connectivity index (χ3n) is 3.67. The molecule has 2 N–H and O–H groups in total. The van der Waals surface area contributed by atoms with E-state index >= 15 is 0 Å². The zero-order valence-electron chi connectivity index (χ0n) is 14.0. The molecule has 2 rings (SSSR count). The lowest BCUT2D eigenvalue weighted by Crippen LogP contribution is -2.41. The fourth-order valence-corrected chi connectivity index (χ4v) is 2.57. The molecule has 0 radical (unpaired) electrons. The molecule has 6 heteroatoms. The highest BCUT2D eigenvalue weighted by Gasteiger charge is 2.21. The molecule has 2 aromatic rings. The average molecular weight is 316 g/mol. The van der Waals surface area contributed by atoms with Crippen molar-refractivity contribution in [2.75, 3.05) is 14.2 Å². The minimum atomic E-state index is -0.406. The molecule has 1 aromatic carbocycles. The predicted octanol–water partition coefficient (Wildman–Crippen LogP) is 1.44. The zero-order chi connectivity index (χ0) is 16.8. The van der Waals surface area contributed by atoms with E-state index in [-0.39, 0.29) is 11.9 Å². The first kappa shape index (κ1) is 17.0. The van der Waals surface area contributed by atoms with Gasteiger partial charge >= 0.3 is 0 Å². The van der Waals surface area contributed by atoms with Crippen molar-refractivity contribution in [1.29, 1.82) is 0 Å². The molecule has 0 fully saturated rings. The number of nitrogens with one attached hydrogen (secondary N) is 2. The molecule has 6 nitrogen and oxygen atoms in total. The van der Waals surface area contributed by atoms with Crippen LogP contribution in [0.15, 0.2) is 36.7 Å². The maximum absolute atomic E-state index is 12.5. The summed E-state index contributed by atoms with van der Waals surface area (Å²) in [6, 6.07) is 7.49. The van der Waals surface area contributed by atoms with Crippen LogP contribution in [0.1, 0.15) is 24.1 Å². The third kappa shape index (κ3) is 4.56. The summed E-state index contributed by atoms with van der Waals surface area (Å²) in [5.41, 5.74) is 1.97. The Balaban J connectivity index is 1.97. The van der Waals surface area contributed by atoms with E-state index < -0.39 is 6.04 Å². The molecule has 1 aromatic heterocycles. The molecular weight excluding hydrogens is 292 g/mol. The van der Waals surface area contributed by atoms with Crippen LogP contribution in [-0.4, -0.2) is 35.9 Å². The number of hydrogen-bond donors (Lipinski definition) is 2. The van der Waals surface area contributed by atoms with Crippen molar-refractivity contribution >= 4 is 5.91 Å². The van der Waals surface area contributed by atoms with Gasteiger partial charge in [-0.15, -0.1) is 0 Å². The number of benzene rings is 1. The molecule has 1 amide bonds. The minimum Gasteiger partial charge on any atom is -0.497 e. The first-order valence-corrected chi connectivity index (χ1v) is 7.62. The second-order valence-corrected chi connectivity index (χ2v) is 5.63. The molecule has 2 unspecified atom stereocenters. The summed E-state index contributed by atoms with van der Waals surface area (Å²) >= 11 is 0. The van der Waals surface area contributed by atoms with Crippen LogP contribution in [0.2, 0.25) is 0 Å². The molecule has 0 aliphatic carbocycles. The first-order chi connectivity index (χ1) is 11.0. The molecule has 0 bridgehead atoms. The molecule has 2 atom stereocenters. The number of nitrogens with zero attached hydrogens (tertiary/aromatic N) is 2. The fourth-order valence-electron chi connectivity index (χ4n) is 2.57. The highest BCUT2D eigenvalue weighted by Crippen LogP contribution is 2.15. The van der Waals surface area contributed by atoms with Crippen LogP contribution in [0.4, 0.5) is 0 Å². The SMILES string of the molecule is CNC(C(=O)NC(C)Cc1cccc(OC)c1)c1cnn(C)c1. The summed E-state index contributed by atoms with van der Waals surface area (Å²) < 4.78 is 6.91. The van der Waals surface area contributed by atoms with Crippen LogP contribution >= 0.6 is 0 Å². The number of hydrogen-bond acceptors (Lipinski definition) is 4. The Morgan fingerprint density at radius 2 is 2.22 bits per heavy atom. The van der Waals surface area contributed by atoms with Gasteiger partial charge in [-0.1, -0.05) is 12.1 Å². The molecule has 0 saturated carbocycles. The van der Waals surface area contributed by atoms with Crippen LogP contribution in [0, 0.1) is 0 Å². The second kappa shape index (κ2) is 7.78. The van der Waals surface area contributed by atoms with E-state index in [1.54, 1.807) is 25.0 Å². The summed E-state index contributed by atoms with van der Waals surface area (Å²) in [7, 11) is 5.25. The van der Waals surface area contributed by atoms with Gasteiger partial charge < -0.3 is 15.4 Å². The number of rotatable bonds is 7. The number of aromatic nitrogens is 2. The predicted molar refractivity (Wildman–Crippen MR) is 89.3 cm³/mol. The van der Waals surface area contributed by atoms with Crippen molar-refractivity contribution < 1.29 is 9.53 Å². The Bertz CT molecular complexity index is 654. The number of carbonyl (C=O) groups is 1. The van der Waals surface area contributed by atoms with Gasteiger partial charge in [0.2, 0.25) is 5.91 Å². The summed E-state index contributed by atoms with van der Waals surface area (Å²) in [6.45, 7) is 1.99. The number of likely N-dealkylation sites (N-methyl/N-ethyl adjacent to an activating group) is 1. The Hall–Kier alpha value is -2.34. The molecule has 23 heavy (non-hydrogen) atoms. The number of aryl methyl sites for hydroxylation is 1. The van der Waals surface area contributed by atoms with Gasteiger partial charge in [0.05, 0.1) is 13.3 Å². The Morgan fingerprint density at radius 3 is 2.83 bits per heavy atom. The van der Waals surface area contributed by atoms with E-state index in [9.17, 15) is 4.79 Å². The van der Waals surface area contributed by atoms with E-state index in [0.717, 1.165) is 23.3 Å². The Morgan fingerprint density at radius 1 is 1.43 bits per heavy atom. The van der Waals surface area contributed by atoms with Gasteiger partial charge in [-0.3, -0.25) is 9.48 Å². The molecule has 1 heterocycles. The van der Waals surface area contributed by atoms with Crippen molar-refractivity contribution in [1.82, 2.24) is 20.4 Å². The van der Waals surface area contributed by atoms with Crippen molar-refractivity contribution in [2.45, 2.75) is 25.4 Å². The van der Waals surface area contributed by atoms with E-state index in [1.165, 1.54) is 0 Å². The molecule has 0 aliphatic rings. The lowest BCUT2D eigenvalue weighted by molar-refractivity contribution is -0.123. The van der Waals surface area contributed by atoms with E-state index in [4.69, 9.17) is 4.74 Å². The maximum atomic E-state index is 12.5. The van der Waals surface area contributed by atoms with E-state index in [1.807, 2.05) is 44.4 Å². The summed E-state index contributed by atoms with van der Waals surface area (Å²) in [5, 5.41) is 10.2. The number of carbonyl (C=O) groups excluding carboxylic acids is 1. The number of amides is 1. The standard InChI is InChI=1S/C17H24N4O2/c1-12(8-13-6-5-7-15(9-13)23-4)20-17(22)16(18-2)14-10-19-21(3)11-14/h5-7,9-12,16,18H,8H2,1-4H3,(H,20,22). The highest BCUT2D eigenvalue weighted by molar-refractivity contribution is 5.83. The normalized spacial score (nSPS) is 13.4. The molecule has 0 saturated heterocycles. The van der Waals surface area contributed by atoms with Crippen LogP contribution in [0.3, 0.4) is 0 Å². The van der Waals surface area contributed by atoms with Crippen LogP contribution in [0.5, 0.6) is 5.75 Å². The zero-order valence-corrected chi connectivity index (χ0v) is 14.0. The quantitative estimate of drug-likeness (QED) is 0.811. The van der Waals surface area contributed by atoms with Crippen molar-refractivity contribution in [3.63, 3.8) is 0 Å².